The van der Waals surface area contributed by atoms with Crippen molar-refractivity contribution < 1.29 is 4.74 Å². The first-order valence-corrected chi connectivity index (χ1v) is 7.61. The fourth-order valence-corrected chi connectivity index (χ4v) is 2.30. The first kappa shape index (κ1) is 16.9. The van der Waals surface area contributed by atoms with Crippen molar-refractivity contribution in [3.63, 3.8) is 0 Å². The monoisotopic (exact) mass is 294 g/mol. The number of hydrogen-bond acceptors (Lipinski definition) is 3. The Morgan fingerprint density at radius 1 is 1.40 bits per heavy atom. The Balaban J connectivity index is 2.92. The van der Waals surface area contributed by atoms with Crippen LogP contribution in [0.3, 0.4) is 0 Å². The third kappa shape index (κ3) is 4.76. The molecule has 0 heterocycles. The lowest BCUT2D eigenvalue weighted by Crippen LogP contribution is -2.28. The summed E-state index contributed by atoms with van der Waals surface area (Å²) in [6.45, 7) is 9.67. The van der Waals surface area contributed by atoms with Crippen molar-refractivity contribution in [2.75, 3.05) is 20.2 Å². The predicted molar refractivity (Wildman–Crippen MR) is 89.3 cm³/mol. The standard InChI is InChI=1S/C16H26N2OS/c1-5-12(3)10-18(6-2)11-14-9-13(16(17)20)7-8-15(14)19-4/h7-9,12H,5-6,10-11H2,1-4H3,(H2,17,20). The summed E-state index contributed by atoms with van der Waals surface area (Å²) in [5.41, 5.74) is 7.76. The molecule has 1 aromatic carbocycles. The zero-order chi connectivity index (χ0) is 15.1. The number of thiocarbonyl (C=S) groups is 1. The lowest BCUT2D eigenvalue weighted by molar-refractivity contribution is 0.235. The van der Waals surface area contributed by atoms with Crippen molar-refractivity contribution in [3.8, 4) is 5.75 Å². The van der Waals surface area contributed by atoms with E-state index in [2.05, 4.69) is 25.7 Å². The molecule has 0 radical (unpaired) electrons. The van der Waals surface area contributed by atoms with Gasteiger partial charge in [-0.1, -0.05) is 39.4 Å². The van der Waals surface area contributed by atoms with E-state index in [1.54, 1.807) is 7.11 Å². The van der Waals surface area contributed by atoms with Crippen LogP contribution in [0.4, 0.5) is 0 Å². The largest absolute Gasteiger partial charge is 0.496 e. The molecular weight excluding hydrogens is 268 g/mol. The molecule has 0 amide bonds. The SMILES string of the molecule is CCC(C)CN(CC)Cc1cc(C(N)=S)ccc1OC. The van der Waals surface area contributed by atoms with E-state index in [4.69, 9.17) is 22.7 Å². The average molecular weight is 294 g/mol. The third-order valence-electron chi connectivity index (χ3n) is 3.67. The van der Waals surface area contributed by atoms with Crippen molar-refractivity contribution in [2.24, 2.45) is 11.7 Å². The molecule has 3 nitrogen and oxygen atoms in total. The molecule has 112 valence electrons. The smallest absolute Gasteiger partial charge is 0.123 e. The molecule has 4 heteroatoms. The molecule has 1 atom stereocenters. The second-order valence-electron chi connectivity index (χ2n) is 5.23. The summed E-state index contributed by atoms with van der Waals surface area (Å²) in [5.74, 6) is 1.59. The van der Waals surface area contributed by atoms with Gasteiger partial charge in [0, 0.05) is 24.2 Å². The van der Waals surface area contributed by atoms with Crippen LogP contribution in [0.2, 0.25) is 0 Å². The van der Waals surface area contributed by atoms with Crippen molar-refractivity contribution >= 4 is 17.2 Å². The van der Waals surface area contributed by atoms with Gasteiger partial charge < -0.3 is 10.5 Å². The van der Waals surface area contributed by atoms with Gasteiger partial charge in [-0.2, -0.15) is 0 Å². The van der Waals surface area contributed by atoms with Crippen LogP contribution >= 0.6 is 12.2 Å². The summed E-state index contributed by atoms with van der Waals surface area (Å²) in [7, 11) is 1.70. The summed E-state index contributed by atoms with van der Waals surface area (Å²) in [4.78, 5) is 2.86. The Morgan fingerprint density at radius 3 is 2.60 bits per heavy atom. The highest BCUT2D eigenvalue weighted by atomic mass is 32.1. The Bertz CT molecular complexity index is 448. The molecule has 1 rings (SSSR count). The van der Waals surface area contributed by atoms with E-state index in [1.165, 1.54) is 6.42 Å². The number of nitrogens with two attached hydrogens (primary N) is 1. The minimum Gasteiger partial charge on any atom is -0.496 e. The van der Waals surface area contributed by atoms with E-state index >= 15 is 0 Å². The highest BCUT2D eigenvalue weighted by Gasteiger charge is 2.12. The van der Waals surface area contributed by atoms with Gasteiger partial charge in [0.1, 0.15) is 10.7 Å². The summed E-state index contributed by atoms with van der Waals surface area (Å²) >= 11 is 5.06. The average Bonchev–Trinajstić information content (AvgIpc) is 2.45. The molecule has 0 aliphatic heterocycles. The van der Waals surface area contributed by atoms with Gasteiger partial charge >= 0.3 is 0 Å². The van der Waals surface area contributed by atoms with Crippen molar-refractivity contribution in [3.05, 3.63) is 29.3 Å². The lowest BCUT2D eigenvalue weighted by atomic mass is 10.1. The van der Waals surface area contributed by atoms with Crippen molar-refractivity contribution in [2.45, 2.75) is 33.7 Å². The fraction of sp³-hybridized carbons (Fsp3) is 0.562. The highest BCUT2D eigenvalue weighted by Crippen LogP contribution is 2.22. The van der Waals surface area contributed by atoms with Crippen LogP contribution in [0.25, 0.3) is 0 Å². The van der Waals surface area contributed by atoms with E-state index in [1.807, 2.05) is 18.2 Å². The molecule has 0 fully saturated rings. The molecule has 20 heavy (non-hydrogen) atoms. The van der Waals surface area contributed by atoms with Gasteiger partial charge in [-0.3, -0.25) is 4.90 Å². The molecule has 0 spiro atoms. The fourth-order valence-electron chi connectivity index (χ4n) is 2.17. The molecular formula is C16H26N2OS. The summed E-state index contributed by atoms with van der Waals surface area (Å²) in [6, 6.07) is 5.90. The van der Waals surface area contributed by atoms with Crippen molar-refractivity contribution in [1.29, 1.82) is 0 Å². The zero-order valence-corrected chi connectivity index (χ0v) is 13.8. The lowest BCUT2D eigenvalue weighted by Gasteiger charge is -2.24. The topological polar surface area (TPSA) is 38.5 Å². The van der Waals surface area contributed by atoms with Gasteiger partial charge in [-0.25, -0.2) is 0 Å². The van der Waals surface area contributed by atoms with Crippen LogP contribution in [-0.4, -0.2) is 30.1 Å². The van der Waals surface area contributed by atoms with Gasteiger partial charge in [0.05, 0.1) is 7.11 Å². The van der Waals surface area contributed by atoms with Gasteiger partial charge in [-0.05, 0) is 30.7 Å². The first-order valence-electron chi connectivity index (χ1n) is 7.20. The van der Waals surface area contributed by atoms with Crippen LogP contribution < -0.4 is 10.5 Å². The van der Waals surface area contributed by atoms with Gasteiger partial charge in [0.2, 0.25) is 0 Å². The highest BCUT2D eigenvalue weighted by molar-refractivity contribution is 7.80. The molecule has 0 aromatic heterocycles. The molecule has 1 aromatic rings. The van der Waals surface area contributed by atoms with Crippen LogP contribution in [0.1, 0.15) is 38.3 Å². The molecule has 0 saturated carbocycles. The summed E-state index contributed by atoms with van der Waals surface area (Å²) in [6.07, 6.45) is 1.20. The van der Waals surface area contributed by atoms with Crippen LogP contribution in [-0.2, 0) is 6.54 Å². The molecule has 0 aliphatic rings. The minimum absolute atomic E-state index is 0.430. The second kappa shape index (κ2) is 8.22. The Kier molecular flexibility index (Phi) is 6.96. The number of methoxy groups -OCH3 is 1. The number of rotatable bonds is 8. The molecule has 1 unspecified atom stereocenters. The second-order valence-corrected chi connectivity index (χ2v) is 5.67. The first-order chi connectivity index (χ1) is 9.51. The Labute approximate surface area is 128 Å². The number of ether oxygens (including phenoxy) is 1. The van der Waals surface area contributed by atoms with Crippen LogP contribution in [0.15, 0.2) is 18.2 Å². The van der Waals surface area contributed by atoms with Crippen LogP contribution in [0, 0.1) is 5.92 Å². The van der Waals surface area contributed by atoms with Gasteiger partial charge in [-0.15, -0.1) is 0 Å². The minimum atomic E-state index is 0.430. The number of hydrogen-bond donors (Lipinski definition) is 1. The van der Waals surface area contributed by atoms with E-state index < -0.39 is 0 Å². The zero-order valence-electron chi connectivity index (χ0n) is 13.0. The maximum Gasteiger partial charge on any atom is 0.123 e. The summed E-state index contributed by atoms with van der Waals surface area (Å²) in [5, 5.41) is 0. The predicted octanol–water partition coefficient (Wildman–Crippen LogP) is 3.20. The molecule has 0 aliphatic carbocycles. The molecule has 0 saturated heterocycles. The van der Waals surface area contributed by atoms with E-state index in [0.717, 1.165) is 36.5 Å². The quantitative estimate of drug-likeness (QED) is 0.747. The van der Waals surface area contributed by atoms with E-state index in [-0.39, 0.29) is 0 Å². The van der Waals surface area contributed by atoms with Crippen molar-refractivity contribution in [1.82, 2.24) is 4.90 Å². The Morgan fingerprint density at radius 2 is 2.10 bits per heavy atom. The number of nitrogens with zero attached hydrogens (tertiary/aromatic N) is 1. The third-order valence-corrected chi connectivity index (χ3v) is 3.91. The van der Waals surface area contributed by atoms with Gasteiger partial charge in [0.25, 0.3) is 0 Å². The molecule has 2 N–H and O–H groups in total. The molecule has 0 bridgehead atoms. The van der Waals surface area contributed by atoms with Gasteiger partial charge in [0.15, 0.2) is 0 Å². The van der Waals surface area contributed by atoms with E-state index in [9.17, 15) is 0 Å². The number of benzene rings is 1. The maximum absolute atomic E-state index is 5.72. The Hall–Kier alpha value is -1.13. The normalized spacial score (nSPS) is 12.4. The van der Waals surface area contributed by atoms with E-state index in [0.29, 0.717) is 10.9 Å². The summed E-state index contributed by atoms with van der Waals surface area (Å²) < 4.78 is 5.45. The maximum atomic E-state index is 5.72. The van der Waals surface area contributed by atoms with Crippen LogP contribution in [0.5, 0.6) is 5.75 Å².